The Morgan fingerprint density at radius 3 is 2.44 bits per heavy atom. The summed E-state index contributed by atoms with van der Waals surface area (Å²) in [5.74, 6) is -1.16. The van der Waals surface area contributed by atoms with Crippen LogP contribution in [-0.4, -0.2) is 31.9 Å². The molecule has 1 aliphatic heterocycles. The fraction of sp³-hybridized carbons (Fsp3) is 0.276. The van der Waals surface area contributed by atoms with Crippen molar-refractivity contribution in [3.8, 4) is 28.7 Å². The average molecular weight is 542 g/mol. The van der Waals surface area contributed by atoms with Gasteiger partial charge in [-0.3, -0.25) is 9.69 Å². The highest BCUT2D eigenvalue weighted by Gasteiger charge is 2.41. The topological polar surface area (TPSA) is 70.4 Å². The zero-order valence-corrected chi connectivity index (χ0v) is 21.3. The van der Waals surface area contributed by atoms with E-state index in [4.69, 9.17) is 23.4 Å². The second kappa shape index (κ2) is 10.9. The molecule has 1 aromatic heterocycles. The lowest BCUT2D eigenvalue weighted by molar-refractivity contribution is -0.154. The Labute approximate surface area is 222 Å². The summed E-state index contributed by atoms with van der Waals surface area (Å²) < 4.78 is 70.0. The van der Waals surface area contributed by atoms with Crippen molar-refractivity contribution in [3.63, 3.8) is 0 Å². The van der Waals surface area contributed by atoms with E-state index in [-0.39, 0.29) is 42.4 Å². The van der Waals surface area contributed by atoms with E-state index < -0.39 is 23.1 Å². The Morgan fingerprint density at radius 1 is 1.00 bits per heavy atom. The van der Waals surface area contributed by atoms with Gasteiger partial charge in [0, 0.05) is 13.1 Å². The third kappa shape index (κ3) is 5.51. The second-order valence-electron chi connectivity index (χ2n) is 8.91. The smallest absolute Gasteiger partial charge is 0.453 e. The molecule has 2 heterocycles. The van der Waals surface area contributed by atoms with Crippen LogP contribution in [0.3, 0.4) is 0 Å². The maximum absolute atomic E-state index is 14.2. The highest BCUT2D eigenvalue weighted by Crippen LogP contribution is 2.42. The van der Waals surface area contributed by atoms with Gasteiger partial charge in [-0.2, -0.15) is 13.2 Å². The molecule has 0 atom stereocenters. The molecule has 1 aliphatic rings. The van der Waals surface area contributed by atoms with Gasteiger partial charge in [0.15, 0.2) is 11.5 Å². The van der Waals surface area contributed by atoms with Gasteiger partial charge in [-0.15, -0.1) is 0 Å². The maximum atomic E-state index is 14.2. The number of alkyl halides is 3. The van der Waals surface area contributed by atoms with Gasteiger partial charge in [0.25, 0.3) is 5.76 Å². The molecular weight excluding hydrogens is 515 g/mol. The fourth-order valence-electron chi connectivity index (χ4n) is 4.42. The van der Waals surface area contributed by atoms with Gasteiger partial charge in [-0.25, -0.2) is 0 Å². The Kier molecular flexibility index (Phi) is 7.38. The van der Waals surface area contributed by atoms with E-state index >= 15 is 0 Å². The molecule has 204 valence electrons. The van der Waals surface area contributed by atoms with E-state index in [1.165, 1.54) is 12.1 Å². The number of nitrogens with zero attached hydrogens (tertiary/aromatic N) is 1. The Hall–Kier alpha value is -4.18. The van der Waals surface area contributed by atoms with Crippen LogP contribution >= 0.6 is 0 Å². The van der Waals surface area contributed by atoms with Gasteiger partial charge in [-0.1, -0.05) is 24.3 Å². The summed E-state index contributed by atoms with van der Waals surface area (Å²) in [5, 5.41) is -0.0359. The molecule has 0 amide bonds. The number of fused-ring (bicyclic) bond motifs is 3. The van der Waals surface area contributed by atoms with Crippen LogP contribution in [0.1, 0.15) is 23.8 Å². The fourth-order valence-corrected chi connectivity index (χ4v) is 4.42. The van der Waals surface area contributed by atoms with E-state index in [1.54, 1.807) is 38.3 Å². The molecule has 0 unspecified atom stereocenters. The molecular formula is C29H26F3NO6. The van der Waals surface area contributed by atoms with Crippen LogP contribution in [0.2, 0.25) is 0 Å². The van der Waals surface area contributed by atoms with Gasteiger partial charge in [-0.05, 0) is 55.3 Å². The number of ether oxygens (including phenoxy) is 4. The van der Waals surface area contributed by atoms with E-state index in [0.29, 0.717) is 24.3 Å². The summed E-state index contributed by atoms with van der Waals surface area (Å²) >= 11 is 0. The average Bonchev–Trinajstić information content (AvgIpc) is 2.93. The molecule has 0 aliphatic carbocycles. The van der Waals surface area contributed by atoms with E-state index in [1.807, 2.05) is 29.2 Å². The normalized spacial score (nSPS) is 13.6. The Morgan fingerprint density at radius 2 is 1.74 bits per heavy atom. The predicted molar refractivity (Wildman–Crippen MR) is 138 cm³/mol. The van der Waals surface area contributed by atoms with Crippen LogP contribution in [-0.2, 0) is 19.1 Å². The van der Waals surface area contributed by atoms with Crippen LogP contribution < -0.4 is 24.4 Å². The van der Waals surface area contributed by atoms with Crippen molar-refractivity contribution in [1.29, 1.82) is 0 Å². The second-order valence-corrected chi connectivity index (χ2v) is 8.91. The summed E-state index contributed by atoms with van der Waals surface area (Å²) in [6, 6.07) is 16.8. The summed E-state index contributed by atoms with van der Waals surface area (Å²) in [7, 11) is 1.60. The van der Waals surface area contributed by atoms with Crippen LogP contribution in [0, 0.1) is 0 Å². The minimum absolute atomic E-state index is 0.0255. The number of para-hydroxylation sites is 2. The first-order chi connectivity index (χ1) is 18.8. The third-order valence-corrected chi connectivity index (χ3v) is 6.36. The monoisotopic (exact) mass is 541 g/mol. The van der Waals surface area contributed by atoms with E-state index in [2.05, 4.69) is 0 Å². The first kappa shape index (κ1) is 26.4. The molecule has 0 bridgehead atoms. The lowest BCUT2D eigenvalue weighted by Gasteiger charge is -2.29. The van der Waals surface area contributed by atoms with Gasteiger partial charge in [0.2, 0.25) is 11.2 Å². The molecule has 0 fully saturated rings. The number of hydrogen-bond donors (Lipinski definition) is 0. The summed E-state index contributed by atoms with van der Waals surface area (Å²) in [4.78, 5) is 15.3. The summed E-state index contributed by atoms with van der Waals surface area (Å²) in [5.41, 5.74) is 0.328. The zero-order chi connectivity index (χ0) is 27.6. The first-order valence-corrected chi connectivity index (χ1v) is 12.4. The standard InChI is InChI=1S/C29H26F3NO6/c1-3-36-23-6-4-5-7-24(23)38-27-25(34)20-12-13-22-21(26(20)39-28(27)29(30,31)32)16-33(17-37-22)15-14-18-8-10-19(35-2)11-9-18/h4-13H,3,14-17H2,1-2H3. The Balaban J connectivity index is 1.50. The molecule has 0 N–H and O–H groups in total. The van der Waals surface area contributed by atoms with E-state index in [9.17, 15) is 18.0 Å². The molecule has 0 saturated heterocycles. The summed E-state index contributed by atoms with van der Waals surface area (Å²) in [6.07, 6.45) is -4.31. The van der Waals surface area contributed by atoms with Gasteiger partial charge < -0.3 is 23.4 Å². The molecule has 39 heavy (non-hydrogen) atoms. The zero-order valence-electron chi connectivity index (χ0n) is 21.3. The lowest BCUT2D eigenvalue weighted by Crippen LogP contribution is -2.34. The minimum Gasteiger partial charge on any atom is -0.497 e. The molecule has 4 aromatic rings. The largest absolute Gasteiger partial charge is 0.497 e. The lowest BCUT2D eigenvalue weighted by atomic mass is 10.1. The van der Waals surface area contributed by atoms with Crippen molar-refractivity contribution >= 4 is 11.0 Å². The van der Waals surface area contributed by atoms with Gasteiger partial charge in [0.05, 0.1) is 24.7 Å². The number of hydrogen-bond acceptors (Lipinski definition) is 7. The highest BCUT2D eigenvalue weighted by atomic mass is 19.4. The SMILES string of the molecule is CCOc1ccccc1Oc1c(C(F)(F)F)oc2c3c(ccc2c1=O)OCN(CCc1ccc(OC)cc1)C3. The van der Waals surface area contributed by atoms with Gasteiger partial charge in [0.1, 0.15) is 23.8 Å². The van der Waals surface area contributed by atoms with Crippen LogP contribution in [0.25, 0.3) is 11.0 Å². The van der Waals surface area contributed by atoms with Crippen molar-refractivity contribution in [1.82, 2.24) is 4.90 Å². The van der Waals surface area contributed by atoms with Crippen molar-refractivity contribution in [3.05, 3.63) is 87.8 Å². The molecule has 10 heteroatoms. The van der Waals surface area contributed by atoms with Crippen LogP contribution in [0.4, 0.5) is 13.2 Å². The summed E-state index contributed by atoms with van der Waals surface area (Å²) in [6.45, 7) is 3.07. The molecule has 0 radical (unpaired) electrons. The predicted octanol–water partition coefficient (Wildman–Crippen LogP) is 6.41. The van der Waals surface area contributed by atoms with E-state index in [0.717, 1.165) is 11.3 Å². The van der Waals surface area contributed by atoms with Crippen molar-refractivity contribution < 1.29 is 36.5 Å². The molecule has 0 spiro atoms. The quantitative estimate of drug-likeness (QED) is 0.255. The molecule has 0 saturated carbocycles. The van der Waals surface area contributed by atoms with Crippen molar-refractivity contribution in [2.24, 2.45) is 0 Å². The minimum atomic E-state index is -4.99. The van der Waals surface area contributed by atoms with Gasteiger partial charge >= 0.3 is 6.18 Å². The maximum Gasteiger partial charge on any atom is 0.453 e. The van der Waals surface area contributed by atoms with Crippen molar-refractivity contribution in [2.45, 2.75) is 26.1 Å². The van der Waals surface area contributed by atoms with Crippen molar-refractivity contribution in [2.75, 3.05) is 27.0 Å². The number of rotatable bonds is 8. The van der Waals surface area contributed by atoms with Crippen LogP contribution in [0.15, 0.2) is 69.9 Å². The molecule has 3 aromatic carbocycles. The number of methoxy groups -OCH3 is 1. The highest BCUT2D eigenvalue weighted by molar-refractivity contribution is 5.84. The number of benzene rings is 3. The first-order valence-electron chi connectivity index (χ1n) is 12.4. The molecule has 7 nitrogen and oxygen atoms in total. The van der Waals surface area contributed by atoms with Crippen LogP contribution in [0.5, 0.6) is 28.7 Å². The Bertz CT molecular complexity index is 1530. The third-order valence-electron chi connectivity index (χ3n) is 6.36. The molecule has 5 rings (SSSR count). The number of halogens is 3.